The predicted octanol–water partition coefficient (Wildman–Crippen LogP) is 6.39. The monoisotopic (exact) mass is 434 g/mol. The van der Waals surface area contributed by atoms with E-state index in [2.05, 4.69) is 9.24 Å². The van der Waals surface area contributed by atoms with Gasteiger partial charge in [0.2, 0.25) is 0 Å². The lowest BCUT2D eigenvalue weighted by Gasteiger charge is -2.20. The number of aliphatic carboxylic acids is 1. The van der Waals surface area contributed by atoms with Gasteiger partial charge in [-0.05, 0) is 84.7 Å². The van der Waals surface area contributed by atoms with Crippen molar-refractivity contribution in [2.75, 3.05) is 6.61 Å². The fraction of sp³-hybridized carbons (Fsp3) is 0.348. The molecular weight excluding hydrogens is 410 g/mol. The third-order valence-corrected chi connectivity index (χ3v) is 5.72. The predicted molar refractivity (Wildman–Crippen MR) is 118 cm³/mol. The number of alkyl halides is 1. The van der Waals surface area contributed by atoms with Gasteiger partial charge in [0.25, 0.3) is 0 Å². The summed E-state index contributed by atoms with van der Waals surface area (Å²) < 4.78 is 20.7. The van der Waals surface area contributed by atoms with E-state index in [0.717, 1.165) is 24.8 Å². The highest BCUT2D eigenvalue weighted by Gasteiger charge is 2.24. The van der Waals surface area contributed by atoms with Crippen LogP contribution in [0.4, 0.5) is 4.39 Å². The Morgan fingerprint density at radius 3 is 2.62 bits per heavy atom. The number of aryl methyl sites for hydroxylation is 1. The summed E-state index contributed by atoms with van der Waals surface area (Å²) in [5.74, 6) is -0.316. The van der Waals surface area contributed by atoms with E-state index in [0.29, 0.717) is 28.5 Å². The van der Waals surface area contributed by atoms with Crippen LogP contribution in [0.5, 0.6) is 5.75 Å². The van der Waals surface area contributed by atoms with Crippen LogP contribution in [0.1, 0.15) is 49.3 Å². The fourth-order valence-electron chi connectivity index (χ4n) is 3.70. The quantitative estimate of drug-likeness (QED) is 0.489. The zero-order chi connectivity index (χ0) is 21.0. The average molecular weight is 435 g/mol. The molecule has 154 valence electrons. The van der Waals surface area contributed by atoms with E-state index in [1.165, 1.54) is 18.1 Å². The van der Waals surface area contributed by atoms with Crippen molar-refractivity contribution in [3.8, 4) is 5.75 Å². The summed E-state index contributed by atoms with van der Waals surface area (Å²) in [6, 6.07) is 13.1. The first-order valence-corrected chi connectivity index (χ1v) is 10.6. The van der Waals surface area contributed by atoms with Crippen molar-refractivity contribution in [2.24, 2.45) is 0 Å². The molecule has 1 N–H and O–H groups in total. The maximum absolute atomic E-state index is 14.7. The Balaban J connectivity index is 1.78. The zero-order valence-corrected chi connectivity index (χ0v) is 18.3. The molecule has 3 nitrogen and oxygen atoms in total. The van der Waals surface area contributed by atoms with Crippen LogP contribution in [0.25, 0.3) is 5.57 Å². The van der Waals surface area contributed by atoms with Crippen LogP contribution in [-0.4, -0.2) is 17.7 Å². The second-order valence-corrected chi connectivity index (χ2v) is 9.04. The normalized spacial score (nSPS) is 16.0. The molecular formula is C23H25ClFO3P. The van der Waals surface area contributed by atoms with Crippen molar-refractivity contribution in [3.05, 3.63) is 69.8 Å². The maximum atomic E-state index is 14.7. The van der Waals surface area contributed by atoms with Gasteiger partial charge in [0.1, 0.15) is 17.8 Å². The smallest absolute Gasteiger partial charge is 0.303 e. The van der Waals surface area contributed by atoms with Crippen LogP contribution in [-0.2, 0) is 16.6 Å². The van der Waals surface area contributed by atoms with E-state index in [-0.39, 0.29) is 12.8 Å². The topological polar surface area (TPSA) is 46.5 Å². The van der Waals surface area contributed by atoms with Gasteiger partial charge in [-0.2, -0.15) is 0 Å². The van der Waals surface area contributed by atoms with Crippen molar-refractivity contribution < 1.29 is 19.0 Å². The Morgan fingerprint density at radius 1 is 1.24 bits per heavy atom. The molecule has 0 saturated carbocycles. The Morgan fingerprint density at radius 2 is 1.97 bits per heavy atom. The van der Waals surface area contributed by atoms with Crippen molar-refractivity contribution in [2.45, 2.75) is 44.4 Å². The van der Waals surface area contributed by atoms with Gasteiger partial charge in [-0.25, -0.2) is 4.39 Å². The summed E-state index contributed by atoms with van der Waals surface area (Å²) in [4.78, 5) is 10.9. The van der Waals surface area contributed by atoms with Gasteiger partial charge < -0.3 is 9.84 Å². The van der Waals surface area contributed by atoms with Gasteiger partial charge in [0.15, 0.2) is 0 Å². The molecule has 0 amide bonds. The van der Waals surface area contributed by atoms with E-state index in [4.69, 9.17) is 21.4 Å². The average Bonchev–Trinajstić information content (AvgIpc) is 3.13. The first-order chi connectivity index (χ1) is 13.7. The van der Waals surface area contributed by atoms with Gasteiger partial charge in [0.05, 0.1) is 0 Å². The highest BCUT2D eigenvalue weighted by molar-refractivity contribution is 7.18. The number of ether oxygens (including phenoxy) is 1. The molecule has 0 fully saturated rings. The molecule has 0 aromatic heterocycles. The molecule has 2 atom stereocenters. The molecule has 29 heavy (non-hydrogen) atoms. The van der Waals surface area contributed by atoms with Crippen molar-refractivity contribution in [1.82, 2.24) is 0 Å². The number of carboxylic acid groups (broad SMARTS) is 1. The fourth-order valence-corrected chi connectivity index (χ4v) is 4.09. The van der Waals surface area contributed by atoms with E-state index < -0.39 is 11.4 Å². The van der Waals surface area contributed by atoms with Crippen LogP contribution in [0.3, 0.4) is 0 Å². The van der Waals surface area contributed by atoms with Crippen molar-refractivity contribution in [3.63, 3.8) is 0 Å². The molecule has 6 heteroatoms. The van der Waals surface area contributed by atoms with Crippen LogP contribution in [0, 0.1) is 0 Å². The molecule has 0 spiro atoms. The first kappa shape index (κ1) is 21.8. The minimum Gasteiger partial charge on any atom is -0.489 e. The molecule has 0 radical (unpaired) electrons. The van der Waals surface area contributed by atoms with Gasteiger partial charge in [0, 0.05) is 11.4 Å². The molecule has 0 aliphatic heterocycles. The van der Waals surface area contributed by atoms with Crippen LogP contribution in [0.2, 0.25) is 5.02 Å². The lowest BCUT2D eigenvalue weighted by Crippen LogP contribution is -2.11. The molecule has 0 bridgehead atoms. The number of benzene rings is 2. The second-order valence-electron chi connectivity index (χ2n) is 7.52. The second kappa shape index (κ2) is 9.28. The van der Waals surface area contributed by atoms with Gasteiger partial charge in [-0.1, -0.05) is 39.0 Å². The Kier molecular flexibility index (Phi) is 6.97. The standard InChI is InChI=1S/C23H25ClFO3P/c1-23(25,29)21-13-19(11-7-16(21)8-12-22(26)27)28-14-17-3-2-4-20(17)15-5-9-18(24)10-6-15/h5-7,9-11,13H,2-4,8,12,14,29H2,1H3,(H,26,27). The number of halogens is 2. The molecule has 2 aromatic rings. The molecule has 1 aliphatic rings. The van der Waals surface area contributed by atoms with Crippen LogP contribution in [0.15, 0.2) is 48.0 Å². The highest BCUT2D eigenvalue weighted by Crippen LogP contribution is 2.38. The number of rotatable bonds is 8. The third kappa shape index (κ3) is 5.81. The summed E-state index contributed by atoms with van der Waals surface area (Å²) in [5.41, 5.74) is 4.83. The molecule has 2 unspecified atom stereocenters. The summed E-state index contributed by atoms with van der Waals surface area (Å²) in [7, 11) is 2.18. The Hall–Kier alpha value is -1.90. The van der Waals surface area contributed by atoms with E-state index >= 15 is 0 Å². The molecule has 1 aliphatic carbocycles. The first-order valence-electron chi connectivity index (χ1n) is 9.66. The Labute approximate surface area is 178 Å². The van der Waals surface area contributed by atoms with E-state index in [1.807, 2.05) is 24.3 Å². The molecule has 0 saturated heterocycles. The summed E-state index contributed by atoms with van der Waals surface area (Å²) in [5, 5.41) is 7.98. The lowest BCUT2D eigenvalue weighted by atomic mass is 9.99. The summed E-state index contributed by atoms with van der Waals surface area (Å²) in [6.45, 7) is 1.89. The molecule has 3 rings (SSSR count). The Bertz CT molecular complexity index is 917. The van der Waals surface area contributed by atoms with Gasteiger partial charge >= 0.3 is 5.97 Å². The number of allylic oxidation sites excluding steroid dienone is 1. The number of hydrogen-bond acceptors (Lipinski definition) is 2. The van der Waals surface area contributed by atoms with Crippen LogP contribution < -0.4 is 4.74 Å². The largest absolute Gasteiger partial charge is 0.489 e. The van der Waals surface area contributed by atoms with Crippen molar-refractivity contribution >= 4 is 32.4 Å². The molecule has 0 heterocycles. The van der Waals surface area contributed by atoms with E-state index in [1.54, 1.807) is 18.2 Å². The van der Waals surface area contributed by atoms with Gasteiger partial charge in [-0.3, -0.25) is 4.79 Å². The van der Waals surface area contributed by atoms with Crippen molar-refractivity contribution in [1.29, 1.82) is 0 Å². The summed E-state index contributed by atoms with van der Waals surface area (Å²) >= 11 is 5.99. The van der Waals surface area contributed by atoms with Gasteiger partial charge in [-0.15, -0.1) is 0 Å². The third-order valence-electron chi connectivity index (χ3n) is 5.15. The molecule has 2 aromatic carbocycles. The minimum absolute atomic E-state index is 0.0364. The SMILES string of the molecule is CC(F)(P)c1cc(OCC2=C(c3ccc(Cl)cc3)CCC2)ccc1CCC(=O)O. The maximum Gasteiger partial charge on any atom is 0.303 e. The highest BCUT2D eigenvalue weighted by atomic mass is 35.5. The summed E-state index contributed by atoms with van der Waals surface area (Å²) in [6.07, 6.45) is 3.32. The minimum atomic E-state index is -1.66. The number of carbonyl (C=O) groups is 1. The van der Waals surface area contributed by atoms with Crippen LogP contribution >= 0.6 is 20.8 Å². The number of hydrogen-bond donors (Lipinski definition) is 1. The number of carboxylic acids is 1. The lowest BCUT2D eigenvalue weighted by molar-refractivity contribution is -0.136. The van der Waals surface area contributed by atoms with E-state index in [9.17, 15) is 9.18 Å². The zero-order valence-electron chi connectivity index (χ0n) is 16.4.